The smallest absolute Gasteiger partial charge is 0.107 e. The first-order valence-corrected chi connectivity index (χ1v) is 10.5. The molecule has 3 heteroatoms. The zero-order valence-electron chi connectivity index (χ0n) is 17.3. The Balaban J connectivity index is 1.44. The molecule has 1 aliphatic rings. The molecule has 30 heavy (non-hydrogen) atoms. The van der Waals surface area contributed by atoms with Gasteiger partial charge in [-0.15, -0.1) is 0 Å². The summed E-state index contributed by atoms with van der Waals surface area (Å²) in [6.45, 7) is 8.02. The van der Waals surface area contributed by atoms with E-state index in [1.165, 1.54) is 16.7 Å². The third kappa shape index (κ3) is 5.67. The molecule has 0 aromatic heterocycles. The Kier molecular flexibility index (Phi) is 7.09. The van der Waals surface area contributed by atoms with Crippen molar-refractivity contribution < 1.29 is 9.47 Å². The second kappa shape index (κ2) is 10.4. The Bertz CT molecular complexity index is 911. The quantitative estimate of drug-likeness (QED) is 0.484. The Labute approximate surface area is 179 Å². The average molecular weight is 400 g/mol. The molecule has 3 aromatic rings. The van der Waals surface area contributed by atoms with Crippen molar-refractivity contribution in [1.82, 2.24) is 4.90 Å². The van der Waals surface area contributed by atoms with Crippen molar-refractivity contribution in [3.63, 3.8) is 0 Å². The molecular formula is C27H29NO2. The van der Waals surface area contributed by atoms with Crippen LogP contribution >= 0.6 is 0 Å². The molecule has 3 nitrogen and oxygen atoms in total. The molecular weight excluding hydrogens is 370 g/mol. The van der Waals surface area contributed by atoms with Gasteiger partial charge in [0.2, 0.25) is 0 Å². The fourth-order valence-electron chi connectivity index (χ4n) is 3.92. The lowest BCUT2D eigenvalue weighted by molar-refractivity contribution is -0.0964. The lowest BCUT2D eigenvalue weighted by atomic mass is 9.98. The fraction of sp³-hybridized carbons (Fsp3) is 0.259. The van der Waals surface area contributed by atoms with Crippen molar-refractivity contribution in [2.75, 3.05) is 13.1 Å². The Hall–Kier alpha value is -2.72. The zero-order chi connectivity index (χ0) is 20.6. The predicted octanol–water partition coefficient (Wildman–Crippen LogP) is 5.23. The van der Waals surface area contributed by atoms with Crippen LogP contribution in [-0.2, 0) is 29.2 Å². The molecule has 1 aliphatic heterocycles. The van der Waals surface area contributed by atoms with Gasteiger partial charge >= 0.3 is 0 Å². The second-order valence-electron chi connectivity index (χ2n) is 7.87. The van der Waals surface area contributed by atoms with E-state index in [-0.39, 0.29) is 12.2 Å². The molecule has 0 spiro atoms. The van der Waals surface area contributed by atoms with E-state index < -0.39 is 0 Å². The molecule has 1 fully saturated rings. The minimum absolute atomic E-state index is 0.0566. The first-order valence-electron chi connectivity index (χ1n) is 10.5. The molecule has 0 saturated carbocycles. The summed E-state index contributed by atoms with van der Waals surface area (Å²) in [7, 11) is 0. The molecule has 3 aromatic carbocycles. The van der Waals surface area contributed by atoms with Crippen LogP contribution in [0.2, 0.25) is 0 Å². The highest BCUT2D eigenvalue weighted by Gasteiger charge is 2.33. The Morgan fingerprint density at radius 3 is 1.77 bits per heavy atom. The van der Waals surface area contributed by atoms with E-state index in [2.05, 4.69) is 66.1 Å². The highest BCUT2D eigenvalue weighted by Crippen LogP contribution is 2.25. The van der Waals surface area contributed by atoms with Crippen LogP contribution in [0.3, 0.4) is 0 Å². The van der Waals surface area contributed by atoms with Gasteiger partial charge in [-0.3, -0.25) is 4.90 Å². The summed E-state index contributed by atoms with van der Waals surface area (Å²) in [5.41, 5.74) is 4.71. The molecule has 0 radical (unpaired) electrons. The summed E-state index contributed by atoms with van der Waals surface area (Å²) < 4.78 is 12.7. The Morgan fingerprint density at radius 1 is 0.700 bits per heavy atom. The fourth-order valence-corrected chi connectivity index (χ4v) is 3.92. The third-order valence-electron chi connectivity index (χ3n) is 5.43. The first-order chi connectivity index (χ1) is 14.8. The molecule has 0 N–H and O–H groups in total. The van der Waals surface area contributed by atoms with Gasteiger partial charge in [0.1, 0.15) is 12.2 Å². The van der Waals surface area contributed by atoms with Crippen LogP contribution < -0.4 is 0 Å². The van der Waals surface area contributed by atoms with Crippen molar-refractivity contribution in [2.45, 2.75) is 32.0 Å². The summed E-state index contributed by atoms with van der Waals surface area (Å²) in [6, 6.07) is 31.2. The minimum Gasteiger partial charge on any atom is -0.369 e. The maximum absolute atomic E-state index is 6.38. The predicted molar refractivity (Wildman–Crippen MR) is 121 cm³/mol. The second-order valence-corrected chi connectivity index (χ2v) is 7.87. The normalized spacial score (nSPS) is 19.7. The average Bonchev–Trinajstić information content (AvgIpc) is 2.79. The minimum atomic E-state index is -0.110. The van der Waals surface area contributed by atoms with E-state index in [1.807, 2.05) is 36.4 Å². The number of piperidine rings is 1. The van der Waals surface area contributed by atoms with Crippen LogP contribution in [0.4, 0.5) is 0 Å². The molecule has 4 rings (SSSR count). The number of hydrogen-bond donors (Lipinski definition) is 0. The van der Waals surface area contributed by atoms with E-state index in [4.69, 9.17) is 9.47 Å². The number of nitrogens with zero attached hydrogens (tertiary/aromatic N) is 1. The van der Waals surface area contributed by atoms with Crippen molar-refractivity contribution >= 4 is 0 Å². The molecule has 154 valence electrons. The maximum Gasteiger partial charge on any atom is 0.107 e. The number of ether oxygens (including phenoxy) is 2. The van der Waals surface area contributed by atoms with Crippen LogP contribution in [0.5, 0.6) is 0 Å². The van der Waals surface area contributed by atoms with E-state index in [0.29, 0.717) is 13.2 Å². The van der Waals surface area contributed by atoms with Crippen molar-refractivity contribution in [2.24, 2.45) is 0 Å². The van der Waals surface area contributed by atoms with Gasteiger partial charge in [0, 0.05) is 19.6 Å². The molecule has 0 aliphatic carbocycles. The van der Waals surface area contributed by atoms with E-state index in [9.17, 15) is 0 Å². The van der Waals surface area contributed by atoms with Gasteiger partial charge in [-0.1, -0.05) is 97.6 Å². The van der Waals surface area contributed by atoms with Gasteiger partial charge in [0.25, 0.3) is 0 Å². The van der Waals surface area contributed by atoms with Gasteiger partial charge in [0.15, 0.2) is 0 Å². The van der Waals surface area contributed by atoms with Crippen LogP contribution in [-0.4, -0.2) is 30.2 Å². The van der Waals surface area contributed by atoms with E-state index >= 15 is 0 Å². The van der Waals surface area contributed by atoms with Crippen molar-refractivity contribution in [1.29, 1.82) is 0 Å². The molecule has 1 heterocycles. The number of hydrogen-bond acceptors (Lipinski definition) is 3. The molecule has 0 amide bonds. The SMILES string of the molecule is C=C1CN(Cc2ccccc2)C[C@@H](OCc2ccccc2)[C@H]1OCc1ccccc1. The van der Waals surface area contributed by atoms with Gasteiger partial charge in [-0.25, -0.2) is 0 Å². The van der Waals surface area contributed by atoms with E-state index in [0.717, 1.165) is 25.2 Å². The summed E-state index contributed by atoms with van der Waals surface area (Å²) in [4.78, 5) is 2.40. The van der Waals surface area contributed by atoms with Crippen LogP contribution in [0.15, 0.2) is 103 Å². The summed E-state index contributed by atoms with van der Waals surface area (Å²) in [5, 5.41) is 0. The lowest BCUT2D eigenvalue weighted by Gasteiger charge is -2.39. The summed E-state index contributed by atoms with van der Waals surface area (Å²) in [6.07, 6.45) is -0.167. The molecule has 0 bridgehead atoms. The van der Waals surface area contributed by atoms with Crippen LogP contribution in [0.1, 0.15) is 16.7 Å². The van der Waals surface area contributed by atoms with Crippen molar-refractivity contribution in [3.8, 4) is 0 Å². The Morgan fingerprint density at radius 2 is 1.20 bits per heavy atom. The van der Waals surface area contributed by atoms with E-state index in [1.54, 1.807) is 0 Å². The number of benzene rings is 3. The third-order valence-corrected chi connectivity index (χ3v) is 5.43. The van der Waals surface area contributed by atoms with Gasteiger partial charge in [0.05, 0.1) is 13.2 Å². The largest absolute Gasteiger partial charge is 0.369 e. The molecule has 2 atom stereocenters. The highest BCUT2D eigenvalue weighted by molar-refractivity contribution is 5.19. The number of rotatable bonds is 8. The summed E-state index contributed by atoms with van der Waals surface area (Å²) in [5.74, 6) is 0. The summed E-state index contributed by atoms with van der Waals surface area (Å²) >= 11 is 0. The van der Waals surface area contributed by atoms with Gasteiger partial charge < -0.3 is 9.47 Å². The lowest BCUT2D eigenvalue weighted by Crippen LogP contribution is -2.49. The maximum atomic E-state index is 6.38. The monoisotopic (exact) mass is 399 g/mol. The van der Waals surface area contributed by atoms with Crippen LogP contribution in [0.25, 0.3) is 0 Å². The molecule has 0 unspecified atom stereocenters. The van der Waals surface area contributed by atoms with Gasteiger partial charge in [-0.2, -0.15) is 0 Å². The first kappa shape index (κ1) is 20.5. The standard InChI is InChI=1S/C27H29NO2/c1-22-17-28(18-23-11-5-2-6-12-23)19-26(29-20-24-13-7-3-8-14-24)27(22)30-21-25-15-9-4-10-16-25/h2-16,26-27H,1,17-21H2/t26-,27+/m1/s1. The zero-order valence-corrected chi connectivity index (χ0v) is 17.3. The molecule has 1 saturated heterocycles. The topological polar surface area (TPSA) is 21.7 Å². The van der Waals surface area contributed by atoms with Gasteiger partial charge in [-0.05, 0) is 22.3 Å². The van der Waals surface area contributed by atoms with Crippen LogP contribution in [0, 0.1) is 0 Å². The number of likely N-dealkylation sites (tertiary alicyclic amines) is 1. The van der Waals surface area contributed by atoms with Crippen molar-refractivity contribution in [3.05, 3.63) is 120 Å². The highest BCUT2D eigenvalue weighted by atomic mass is 16.5.